The van der Waals surface area contributed by atoms with Crippen LogP contribution in [0.25, 0.3) is 0 Å². The molecule has 0 aliphatic heterocycles. The fourth-order valence-corrected chi connectivity index (χ4v) is 4.39. The Balaban J connectivity index is 0.000000212. The van der Waals surface area contributed by atoms with Gasteiger partial charge in [-0.05, 0) is 34.4 Å². The summed E-state index contributed by atoms with van der Waals surface area (Å²) in [5.41, 5.74) is 10.9. The normalized spacial score (nSPS) is 10.4. The minimum atomic E-state index is -0.234. The van der Waals surface area contributed by atoms with Gasteiger partial charge in [0.05, 0.1) is 11.4 Å². The summed E-state index contributed by atoms with van der Waals surface area (Å²) >= 11 is 6.33. The van der Waals surface area contributed by atoms with E-state index in [1.54, 1.807) is 24.3 Å². The molecule has 0 spiro atoms. The van der Waals surface area contributed by atoms with Gasteiger partial charge in [0.2, 0.25) is 0 Å². The summed E-state index contributed by atoms with van der Waals surface area (Å²) in [6.07, 6.45) is 0. The highest BCUT2D eigenvalue weighted by atomic mass is 35.5. The highest BCUT2D eigenvalue weighted by Gasteiger charge is 2.17. The van der Waals surface area contributed by atoms with Crippen LogP contribution >= 0.6 is 11.6 Å². The van der Waals surface area contributed by atoms with E-state index in [4.69, 9.17) is 22.7 Å². The minimum absolute atomic E-state index is 0.0154. The molecule has 0 aliphatic carbocycles. The van der Waals surface area contributed by atoms with Crippen molar-refractivity contribution in [2.45, 2.75) is 11.4 Å². The number of rotatable bonds is 7. The zero-order valence-electron chi connectivity index (χ0n) is 21.4. The van der Waals surface area contributed by atoms with Crippen molar-refractivity contribution in [3.8, 4) is 0 Å². The van der Waals surface area contributed by atoms with Gasteiger partial charge in [-0.15, -0.1) is 11.6 Å². The number of amides is 1. The maximum atomic E-state index is 12.7. The van der Waals surface area contributed by atoms with Crippen molar-refractivity contribution in [1.29, 1.82) is 5.41 Å². The Bertz CT molecular complexity index is 1380. The first-order valence-corrected chi connectivity index (χ1v) is 13.1. The molecule has 5 aromatic rings. The average molecular weight is 532 g/mol. The summed E-state index contributed by atoms with van der Waals surface area (Å²) in [4.78, 5) is 12.7. The molecule has 0 atom stereocenters. The lowest BCUT2D eigenvalue weighted by Gasteiger charge is -2.20. The number of nitrogens with two attached hydrogens (primary N) is 1. The lowest BCUT2D eigenvalue weighted by atomic mass is 9.98. The number of carbonyl (C=O) groups excluding carboxylic acids is 1. The quantitative estimate of drug-likeness (QED) is 0.115. The molecule has 0 fully saturated rings. The molecule has 0 saturated heterocycles. The third-order valence-electron chi connectivity index (χ3n) is 6.18. The van der Waals surface area contributed by atoms with Crippen molar-refractivity contribution in [2.24, 2.45) is 5.73 Å². The van der Waals surface area contributed by atoms with Crippen LogP contribution in [0.15, 0.2) is 146 Å². The van der Waals surface area contributed by atoms with Crippen molar-refractivity contribution in [3.05, 3.63) is 179 Å². The zero-order valence-corrected chi connectivity index (χ0v) is 22.1. The summed E-state index contributed by atoms with van der Waals surface area (Å²) in [5, 5.41) is 10.5. The topological polar surface area (TPSA) is 79.0 Å². The van der Waals surface area contributed by atoms with E-state index < -0.39 is 0 Å². The number of hydrogen-bond acceptors (Lipinski definition) is 2. The predicted molar refractivity (Wildman–Crippen MR) is 160 cm³/mol. The fourth-order valence-electron chi connectivity index (χ4n) is 4.10. The van der Waals surface area contributed by atoms with Crippen LogP contribution in [0.1, 0.15) is 49.6 Å². The highest BCUT2D eigenvalue weighted by molar-refractivity contribution is 6.22. The Kier molecular flexibility index (Phi) is 9.65. The molecule has 0 radical (unpaired) electrons. The van der Waals surface area contributed by atoms with Crippen molar-refractivity contribution in [2.75, 3.05) is 0 Å². The summed E-state index contributed by atoms with van der Waals surface area (Å²) < 4.78 is 0. The van der Waals surface area contributed by atoms with Gasteiger partial charge in [0, 0.05) is 11.1 Å². The summed E-state index contributed by atoms with van der Waals surface area (Å²) in [6, 6.07) is 46.4. The van der Waals surface area contributed by atoms with Crippen molar-refractivity contribution < 1.29 is 4.79 Å². The second kappa shape index (κ2) is 13.8. The molecule has 4 N–H and O–H groups in total. The third-order valence-corrected chi connectivity index (χ3v) is 6.69. The van der Waals surface area contributed by atoms with Gasteiger partial charge in [-0.25, -0.2) is 0 Å². The first kappa shape index (κ1) is 27.4. The van der Waals surface area contributed by atoms with Gasteiger partial charge < -0.3 is 11.1 Å². The third kappa shape index (κ3) is 7.67. The van der Waals surface area contributed by atoms with E-state index in [1.807, 2.05) is 121 Å². The Morgan fingerprint density at radius 3 is 1.26 bits per heavy atom. The van der Waals surface area contributed by atoms with Crippen LogP contribution in [0.5, 0.6) is 0 Å². The Hall–Kier alpha value is -4.67. The monoisotopic (exact) mass is 531 g/mol. The van der Waals surface area contributed by atoms with Crippen LogP contribution in [-0.4, -0.2) is 11.7 Å². The first-order chi connectivity index (χ1) is 19.0. The summed E-state index contributed by atoms with van der Waals surface area (Å²) in [7, 11) is 0. The molecule has 39 heavy (non-hydrogen) atoms. The summed E-state index contributed by atoms with van der Waals surface area (Å²) in [6.45, 7) is 0. The highest BCUT2D eigenvalue weighted by Crippen LogP contribution is 2.28. The average Bonchev–Trinajstić information content (AvgIpc) is 3.01. The standard InChI is InChI=1S/C21H19N3O.C13H11Cl/c22-20(23)17-11-13-18(14-12-17)21(25)24-19(15-7-3-1-4-8-15)16-9-5-2-6-10-16;14-13(11-7-3-1-4-8-11)12-9-5-2-6-10-12/h1-14,19H,(H3,22,23)(H,24,25);1-10,13H. The Morgan fingerprint density at radius 1 is 0.564 bits per heavy atom. The molecular formula is C34H30ClN3O. The maximum absolute atomic E-state index is 12.7. The number of nitrogens with one attached hydrogen (secondary N) is 2. The molecule has 194 valence electrons. The second-order valence-corrected chi connectivity index (χ2v) is 9.34. The maximum Gasteiger partial charge on any atom is 0.252 e. The number of nitrogen functional groups attached to an aromatic ring is 1. The number of hydrogen-bond donors (Lipinski definition) is 3. The van der Waals surface area contributed by atoms with E-state index in [2.05, 4.69) is 5.32 Å². The molecule has 1 amide bonds. The lowest BCUT2D eigenvalue weighted by Crippen LogP contribution is -2.29. The molecule has 5 heteroatoms. The van der Waals surface area contributed by atoms with Gasteiger partial charge in [0.25, 0.3) is 5.91 Å². The van der Waals surface area contributed by atoms with Gasteiger partial charge in [-0.1, -0.05) is 133 Å². The smallest absolute Gasteiger partial charge is 0.252 e. The van der Waals surface area contributed by atoms with Crippen molar-refractivity contribution in [3.63, 3.8) is 0 Å². The fraction of sp³-hybridized carbons (Fsp3) is 0.0588. The van der Waals surface area contributed by atoms with Gasteiger partial charge in [0.1, 0.15) is 5.84 Å². The van der Waals surface area contributed by atoms with Crippen LogP contribution in [0.4, 0.5) is 0 Å². The number of halogens is 1. The van der Waals surface area contributed by atoms with Gasteiger partial charge in [-0.2, -0.15) is 0 Å². The second-order valence-electron chi connectivity index (χ2n) is 8.90. The molecule has 0 heterocycles. The number of amidine groups is 1. The van der Waals surface area contributed by atoms with Crippen LogP contribution in [0, 0.1) is 5.41 Å². The van der Waals surface area contributed by atoms with Crippen molar-refractivity contribution >= 4 is 23.3 Å². The molecule has 0 bridgehead atoms. The Morgan fingerprint density at radius 2 is 0.897 bits per heavy atom. The molecule has 0 aromatic heterocycles. The molecule has 4 nitrogen and oxygen atoms in total. The molecular weight excluding hydrogens is 502 g/mol. The van der Waals surface area contributed by atoms with Crippen LogP contribution in [0.3, 0.4) is 0 Å². The Labute approximate surface area is 234 Å². The van der Waals surface area contributed by atoms with Crippen LogP contribution < -0.4 is 11.1 Å². The van der Waals surface area contributed by atoms with Crippen molar-refractivity contribution in [1.82, 2.24) is 5.32 Å². The van der Waals surface area contributed by atoms with E-state index in [1.165, 1.54) is 0 Å². The number of alkyl halides is 1. The number of carbonyl (C=O) groups is 1. The molecule has 5 aromatic carbocycles. The van der Waals surface area contributed by atoms with E-state index in [9.17, 15) is 4.79 Å². The SMILES string of the molecule is ClC(c1ccccc1)c1ccccc1.N=C(N)c1ccc(C(=O)NC(c2ccccc2)c2ccccc2)cc1. The van der Waals surface area contributed by atoms with Gasteiger partial charge in [0.15, 0.2) is 0 Å². The molecule has 0 saturated carbocycles. The predicted octanol–water partition coefficient (Wildman–Crippen LogP) is 7.50. The van der Waals surface area contributed by atoms with Crippen LogP contribution in [0.2, 0.25) is 0 Å². The lowest BCUT2D eigenvalue weighted by molar-refractivity contribution is 0.0943. The number of benzene rings is 5. The van der Waals surface area contributed by atoms with Crippen LogP contribution in [-0.2, 0) is 0 Å². The zero-order chi connectivity index (χ0) is 27.5. The molecule has 0 unspecified atom stereocenters. The summed E-state index contributed by atoms with van der Waals surface area (Å²) in [5.74, 6) is -0.189. The largest absolute Gasteiger partial charge is 0.384 e. The van der Waals surface area contributed by atoms with E-state index >= 15 is 0 Å². The van der Waals surface area contributed by atoms with Gasteiger partial charge in [-0.3, -0.25) is 10.2 Å². The molecule has 5 rings (SSSR count). The van der Waals surface area contributed by atoms with E-state index in [0.717, 1.165) is 22.3 Å². The van der Waals surface area contributed by atoms with E-state index in [0.29, 0.717) is 11.1 Å². The first-order valence-electron chi connectivity index (χ1n) is 12.6. The molecule has 0 aliphatic rings. The van der Waals surface area contributed by atoms with Gasteiger partial charge >= 0.3 is 0 Å². The minimum Gasteiger partial charge on any atom is -0.384 e. The van der Waals surface area contributed by atoms with E-state index in [-0.39, 0.29) is 23.2 Å².